The van der Waals surface area contributed by atoms with Crippen molar-refractivity contribution < 1.29 is 19.0 Å². The first-order valence-electron chi connectivity index (χ1n) is 9.37. The van der Waals surface area contributed by atoms with Gasteiger partial charge in [0.1, 0.15) is 0 Å². The molecule has 1 saturated heterocycles. The van der Waals surface area contributed by atoms with E-state index in [4.69, 9.17) is 14.2 Å². The van der Waals surface area contributed by atoms with Crippen molar-refractivity contribution in [1.29, 1.82) is 0 Å². The molecule has 0 bridgehead atoms. The normalized spacial score (nSPS) is 20.5. The Morgan fingerprint density at radius 3 is 2.43 bits per heavy atom. The summed E-state index contributed by atoms with van der Waals surface area (Å²) in [6.45, 7) is 2.86. The third-order valence-electron chi connectivity index (χ3n) is 5.17. The number of hydrogen-bond acceptors (Lipinski definition) is 5. The van der Waals surface area contributed by atoms with Gasteiger partial charge in [-0.2, -0.15) is 0 Å². The molecule has 0 spiro atoms. The lowest BCUT2D eigenvalue weighted by molar-refractivity contribution is -0.116. The molecule has 0 aromatic heterocycles. The summed E-state index contributed by atoms with van der Waals surface area (Å²) in [6.07, 6.45) is 1.93. The molecule has 0 radical (unpaired) electrons. The van der Waals surface area contributed by atoms with Gasteiger partial charge >= 0.3 is 0 Å². The Labute approximate surface area is 164 Å². The summed E-state index contributed by atoms with van der Waals surface area (Å²) in [7, 11) is 3.22. The first-order valence-corrected chi connectivity index (χ1v) is 9.37. The third-order valence-corrected chi connectivity index (χ3v) is 5.17. The zero-order valence-electron chi connectivity index (χ0n) is 16.1. The first-order chi connectivity index (χ1) is 13.7. The van der Waals surface area contributed by atoms with Crippen molar-refractivity contribution in [2.45, 2.75) is 6.04 Å². The fraction of sp³-hybridized carbons (Fsp3) is 0.318. The molecule has 2 aromatic carbocycles. The molecule has 6 nitrogen and oxygen atoms in total. The van der Waals surface area contributed by atoms with Crippen LogP contribution in [0.1, 0.15) is 22.7 Å². The predicted octanol–water partition coefficient (Wildman–Crippen LogP) is 2.60. The van der Waals surface area contributed by atoms with Gasteiger partial charge < -0.3 is 24.4 Å². The second-order valence-electron chi connectivity index (χ2n) is 6.80. The molecule has 6 heteroatoms. The van der Waals surface area contributed by atoms with E-state index in [1.807, 2.05) is 48.7 Å². The fourth-order valence-corrected chi connectivity index (χ4v) is 3.70. The lowest BCUT2D eigenvalue weighted by Gasteiger charge is -2.32. The molecule has 2 aliphatic rings. The van der Waals surface area contributed by atoms with Gasteiger partial charge in [0.05, 0.1) is 39.0 Å². The zero-order valence-corrected chi connectivity index (χ0v) is 16.1. The number of morpholine rings is 1. The van der Waals surface area contributed by atoms with E-state index in [9.17, 15) is 4.79 Å². The number of amides is 1. The topological polar surface area (TPSA) is 60.0 Å². The highest BCUT2D eigenvalue weighted by molar-refractivity contribution is 6.21. The van der Waals surface area contributed by atoms with Crippen LogP contribution in [0.4, 0.5) is 0 Å². The Morgan fingerprint density at radius 1 is 1.07 bits per heavy atom. The van der Waals surface area contributed by atoms with Gasteiger partial charge in [0.25, 0.3) is 5.91 Å². The minimum absolute atomic E-state index is 0.0972. The number of rotatable bonds is 4. The van der Waals surface area contributed by atoms with Crippen molar-refractivity contribution in [2.75, 3.05) is 40.5 Å². The molecule has 28 heavy (non-hydrogen) atoms. The molecule has 2 aliphatic heterocycles. The maximum Gasteiger partial charge on any atom is 0.254 e. The van der Waals surface area contributed by atoms with Crippen molar-refractivity contribution in [3.63, 3.8) is 0 Å². The van der Waals surface area contributed by atoms with Crippen molar-refractivity contribution in [3.8, 4) is 11.5 Å². The van der Waals surface area contributed by atoms with Crippen molar-refractivity contribution in [3.05, 3.63) is 65.4 Å². The second kappa shape index (κ2) is 7.94. The number of benzene rings is 2. The van der Waals surface area contributed by atoms with Crippen LogP contribution in [0.5, 0.6) is 11.5 Å². The highest BCUT2D eigenvalue weighted by Gasteiger charge is 2.32. The quantitative estimate of drug-likeness (QED) is 0.827. The average molecular weight is 380 g/mol. The largest absolute Gasteiger partial charge is 0.493 e. The van der Waals surface area contributed by atoms with E-state index in [0.29, 0.717) is 30.3 Å². The minimum atomic E-state index is -0.245. The van der Waals surface area contributed by atoms with E-state index in [1.54, 1.807) is 14.2 Å². The Morgan fingerprint density at radius 2 is 1.75 bits per heavy atom. The van der Waals surface area contributed by atoms with Crippen LogP contribution in [0.2, 0.25) is 0 Å². The van der Waals surface area contributed by atoms with E-state index in [1.165, 1.54) is 0 Å². The SMILES string of the molecule is COc1cc2c(cc1OC)[C@@H](c1ccccc1)NC(=O)/C2=C\N1CCOCC1. The molecule has 146 valence electrons. The van der Waals surface area contributed by atoms with Gasteiger partial charge in [0.15, 0.2) is 11.5 Å². The van der Waals surface area contributed by atoms with Crippen LogP contribution in [0.15, 0.2) is 48.7 Å². The third kappa shape index (κ3) is 3.43. The summed E-state index contributed by atoms with van der Waals surface area (Å²) in [5.41, 5.74) is 3.50. The van der Waals surface area contributed by atoms with Gasteiger partial charge in [-0.05, 0) is 28.8 Å². The van der Waals surface area contributed by atoms with Crippen LogP contribution >= 0.6 is 0 Å². The smallest absolute Gasteiger partial charge is 0.254 e. The lowest BCUT2D eigenvalue weighted by Crippen LogP contribution is -2.37. The monoisotopic (exact) mass is 380 g/mol. The Kier molecular flexibility index (Phi) is 5.21. The number of carbonyl (C=O) groups excluding carboxylic acids is 1. The molecular weight excluding hydrogens is 356 g/mol. The fourth-order valence-electron chi connectivity index (χ4n) is 3.70. The molecule has 1 atom stereocenters. The molecule has 1 fully saturated rings. The van der Waals surface area contributed by atoms with Crippen LogP contribution in [0.25, 0.3) is 5.57 Å². The summed E-state index contributed by atoms with van der Waals surface area (Å²) >= 11 is 0. The number of carbonyl (C=O) groups is 1. The summed E-state index contributed by atoms with van der Waals surface area (Å²) in [4.78, 5) is 15.2. The van der Waals surface area contributed by atoms with Crippen LogP contribution in [-0.4, -0.2) is 51.3 Å². The molecule has 2 heterocycles. The standard InChI is InChI=1S/C22H24N2O4/c1-26-19-12-16-17(13-20(19)27-2)21(15-6-4-3-5-7-15)23-22(25)18(16)14-24-8-10-28-11-9-24/h3-7,12-14,21H,8-11H2,1-2H3,(H,23,25)/b18-14-/t21-/m1/s1. The Hall–Kier alpha value is -2.99. The lowest BCUT2D eigenvalue weighted by atomic mass is 9.86. The zero-order chi connectivity index (χ0) is 19.5. The summed E-state index contributed by atoms with van der Waals surface area (Å²) in [6, 6.07) is 13.6. The summed E-state index contributed by atoms with van der Waals surface area (Å²) in [5, 5.41) is 3.16. The van der Waals surface area contributed by atoms with E-state index < -0.39 is 0 Å². The van der Waals surface area contributed by atoms with Crippen molar-refractivity contribution in [1.82, 2.24) is 10.2 Å². The highest BCUT2D eigenvalue weighted by atomic mass is 16.5. The van der Waals surface area contributed by atoms with Gasteiger partial charge in [0, 0.05) is 19.3 Å². The molecule has 2 aromatic rings. The Bertz CT molecular complexity index is 889. The van der Waals surface area contributed by atoms with Crippen LogP contribution in [0, 0.1) is 0 Å². The highest BCUT2D eigenvalue weighted by Crippen LogP contribution is 2.41. The van der Waals surface area contributed by atoms with Gasteiger partial charge in [0.2, 0.25) is 0 Å². The van der Waals surface area contributed by atoms with E-state index in [2.05, 4.69) is 10.2 Å². The van der Waals surface area contributed by atoms with Crippen LogP contribution < -0.4 is 14.8 Å². The second-order valence-corrected chi connectivity index (χ2v) is 6.80. The predicted molar refractivity (Wildman–Crippen MR) is 106 cm³/mol. The molecule has 4 rings (SSSR count). The van der Waals surface area contributed by atoms with Gasteiger partial charge in [-0.3, -0.25) is 4.79 Å². The molecule has 1 N–H and O–H groups in total. The van der Waals surface area contributed by atoms with Crippen molar-refractivity contribution in [2.24, 2.45) is 0 Å². The van der Waals surface area contributed by atoms with Gasteiger partial charge in [-0.1, -0.05) is 30.3 Å². The van der Waals surface area contributed by atoms with Gasteiger partial charge in [-0.15, -0.1) is 0 Å². The number of fused-ring (bicyclic) bond motifs is 1. The van der Waals surface area contributed by atoms with E-state index >= 15 is 0 Å². The molecular formula is C22H24N2O4. The number of methoxy groups -OCH3 is 2. The van der Waals surface area contributed by atoms with Crippen LogP contribution in [0.3, 0.4) is 0 Å². The molecule has 0 aliphatic carbocycles. The van der Waals surface area contributed by atoms with Crippen molar-refractivity contribution >= 4 is 11.5 Å². The number of ether oxygens (including phenoxy) is 3. The van der Waals surface area contributed by atoms with E-state index in [0.717, 1.165) is 29.8 Å². The Balaban J connectivity index is 1.85. The summed E-state index contributed by atoms with van der Waals surface area (Å²) < 4.78 is 16.4. The number of hydrogen-bond donors (Lipinski definition) is 1. The first kappa shape index (κ1) is 18.4. The summed E-state index contributed by atoms with van der Waals surface area (Å²) in [5.74, 6) is 1.15. The number of nitrogens with zero attached hydrogens (tertiary/aromatic N) is 1. The molecule has 0 unspecified atom stereocenters. The maximum atomic E-state index is 13.1. The minimum Gasteiger partial charge on any atom is -0.493 e. The van der Waals surface area contributed by atoms with Crippen LogP contribution in [-0.2, 0) is 9.53 Å². The van der Waals surface area contributed by atoms with E-state index in [-0.39, 0.29) is 11.9 Å². The molecule has 1 amide bonds. The average Bonchev–Trinajstić information content (AvgIpc) is 2.76. The maximum absolute atomic E-state index is 13.1. The van der Waals surface area contributed by atoms with Gasteiger partial charge in [-0.25, -0.2) is 0 Å². The number of nitrogens with one attached hydrogen (secondary N) is 1. The molecule has 0 saturated carbocycles.